The fourth-order valence-electron chi connectivity index (χ4n) is 4.28. The van der Waals surface area contributed by atoms with Crippen LogP contribution in [0.2, 0.25) is 0 Å². The molecule has 4 nitrogen and oxygen atoms in total. The summed E-state index contributed by atoms with van der Waals surface area (Å²) in [4.78, 5) is 0. The van der Waals surface area contributed by atoms with Crippen LogP contribution in [-0.4, -0.2) is 37.2 Å². The van der Waals surface area contributed by atoms with Crippen LogP contribution < -0.4 is 5.73 Å². The SMILES string of the molecule is CC1CCC(CN)(C2(O)CCCC2S(C)(=O)=O)C1. The molecular formula is C13H25NO3S. The summed E-state index contributed by atoms with van der Waals surface area (Å²) in [5.74, 6) is 0.526. The van der Waals surface area contributed by atoms with Crippen molar-refractivity contribution >= 4 is 9.84 Å². The lowest BCUT2D eigenvalue weighted by Crippen LogP contribution is -2.57. The Balaban J connectivity index is 2.40. The van der Waals surface area contributed by atoms with Crippen molar-refractivity contribution in [1.82, 2.24) is 0 Å². The summed E-state index contributed by atoms with van der Waals surface area (Å²) < 4.78 is 23.9. The lowest BCUT2D eigenvalue weighted by Gasteiger charge is -2.45. The highest BCUT2D eigenvalue weighted by Crippen LogP contribution is 2.55. The van der Waals surface area contributed by atoms with Crippen LogP contribution in [0.15, 0.2) is 0 Å². The fourth-order valence-corrected chi connectivity index (χ4v) is 5.95. The summed E-state index contributed by atoms with van der Waals surface area (Å²) >= 11 is 0. The average molecular weight is 275 g/mol. The Morgan fingerprint density at radius 2 is 2.00 bits per heavy atom. The molecule has 4 atom stereocenters. The van der Waals surface area contributed by atoms with E-state index in [0.717, 1.165) is 25.7 Å². The Labute approximate surface area is 110 Å². The van der Waals surface area contributed by atoms with Crippen molar-refractivity contribution in [1.29, 1.82) is 0 Å². The Kier molecular flexibility index (Phi) is 3.54. The van der Waals surface area contributed by atoms with Crippen LogP contribution in [0.4, 0.5) is 0 Å². The minimum atomic E-state index is -3.22. The monoisotopic (exact) mass is 275 g/mol. The highest BCUT2D eigenvalue weighted by molar-refractivity contribution is 7.91. The molecule has 3 N–H and O–H groups in total. The van der Waals surface area contributed by atoms with E-state index in [1.807, 2.05) is 0 Å². The van der Waals surface area contributed by atoms with Gasteiger partial charge in [0.25, 0.3) is 0 Å². The summed E-state index contributed by atoms with van der Waals surface area (Å²) in [6.07, 6.45) is 5.93. The van der Waals surface area contributed by atoms with Gasteiger partial charge in [0.15, 0.2) is 9.84 Å². The third-order valence-corrected chi connectivity index (χ3v) is 6.90. The quantitative estimate of drug-likeness (QED) is 0.807. The summed E-state index contributed by atoms with van der Waals surface area (Å²) in [6.45, 7) is 2.55. The van der Waals surface area contributed by atoms with Gasteiger partial charge in [0.05, 0.1) is 10.9 Å². The van der Waals surface area contributed by atoms with Gasteiger partial charge in [-0.3, -0.25) is 0 Å². The maximum absolute atomic E-state index is 11.9. The predicted molar refractivity (Wildman–Crippen MR) is 71.9 cm³/mol. The van der Waals surface area contributed by atoms with E-state index in [1.165, 1.54) is 6.26 Å². The molecule has 2 aliphatic rings. The van der Waals surface area contributed by atoms with Gasteiger partial charge >= 0.3 is 0 Å². The zero-order valence-corrected chi connectivity index (χ0v) is 12.2. The van der Waals surface area contributed by atoms with Gasteiger partial charge in [-0.25, -0.2) is 8.42 Å². The first-order valence-corrected chi connectivity index (χ1v) is 8.82. The van der Waals surface area contributed by atoms with Crippen molar-refractivity contribution in [2.24, 2.45) is 17.1 Å². The molecule has 2 aliphatic carbocycles. The van der Waals surface area contributed by atoms with Crippen molar-refractivity contribution in [3.63, 3.8) is 0 Å². The van der Waals surface area contributed by atoms with Gasteiger partial charge in [-0.05, 0) is 38.0 Å². The smallest absolute Gasteiger partial charge is 0.153 e. The molecule has 18 heavy (non-hydrogen) atoms. The number of hydrogen-bond acceptors (Lipinski definition) is 4. The molecule has 0 heterocycles. The van der Waals surface area contributed by atoms with E-state index in [4.69, 9.17) is 5.73 Å². The second-order valence-corrected chi connectivity index (χ2v) is 8.70. The Morgan fingerprint density at radius 1 is 1.33 bits per heavy atom. The molecule has 2 fully saturated rings. The van der Waals surface area contributed by atoms with Crippen LogP contribution in [0.5, 0.6) is 0 Å². The van der Waals surface area contributed by atoms with Crippen LogP contribution >= 0.6 is 0 Å². The van der Waals surface area contributed by atoms with E-state index in [1.54, 1.807) is 0 Å². The van der Waals surface area contributed by atoms with Crippen molar-refractivity contribution in [3.8, 4) is 0 Å². The summed E-state index contributed by atoms with van der Waals surface area (Å²) in [5, 5.41) is 10.5. The zero-order valence-electron chi connectivity index (χ0n) is 11.4. The molecular weight excluding hydrogens is 250 g/mol. The molecule has 0 aromatic heterocycles. The lowest BCUT2D eigenvalue weighted by molar-refractivity contribution is -0.0713. The zero-order chi connectivity index (χ0) is 13.6. The first kappa shape index (κ1) is 14.3. The van der Waals surface area contributed by atoms with E-state index in [2.05, 4.69) is 6.92 Å². The highest BCUT2D eigenvalue weighted by Gasteiger charge is 2.60. The van der Waals surface area contributed by atoms with Gasteiger partial charge in [0, 0.05) is 18.2 Å². The van der Waals surface area contributed by atoms with Gasteiger partial charge in [-0.1, -0.05) is 13.3 Å². The molecule has 0 radical (unpaired) electrons. The first-order valence-electron chi connectivity index (χ1n) is 6.86. The van der Waals surface area contributed by atoms with Crippen molar-refractivity contribution in [3.05, 3.63) is 0 Å². The number of sulfone groups is 1. The first-order chi connectivity index (χ1) is 8.25. The van der Waals surface area contributed by atoms with E-state index < -0.39 is 26.1 Å². The summed E-state index contributed by atoms with van der Waals surface area (Å²) in [7, 11) is -3.22. The lowest BCUT2D eigenvalue weighted by atomic mass is 9.68. The second-order valence-electron chi connectivity index (χ2n) is 6.47. The molecule has 4 unspecified atom stereocenters. The summed E-state index contributed by atoms with van der Waals surface area (Å²) in [5.41, 5.74) is 4.44. The molecule has 0 amide bonds. The highest BCUT2D eigenvalue weighted by atomic mass is 32.2. The van der Waals surface area contributed by atoms with Gasteiger partial charge in [-0.15, -0.1) is 0 Å². The molecule has 0 aliphatic heterocycles. The van der Waals surface area contributed by atoms with Crippen LogP contribution in [0.3, 0.4) is 0 Å². The molecule has 2 rings (SSSR count). The summed E-state index contributed by atoms with van der Waals surface area (Å²) in [6, 6.07) is 0. The van der Waals surface area contributed by atoms with Crippen LogP contribution in [0, 0.1) is 11.3 Å². The van der Waals surface area contributed by atoms with Crippen molar-refractivity contribution < 1.29 is 13.5 Å². The van der Waals surface area contributed by atoms with Crippen LogP contribution in [-0.2, 0) is 9.84 Å². The number of aliphatic hydroxyl groups is 1. The van der Waals surface area contributed by atoms with Crippen LogP contribution in [0.25, 0.3) is 0 Å². The molecule has 0 aromatic rings. The van der Waals surface area contributed by atoms with Crippen molar-refractivity contribution in [2.45, 2.75) is 56.3 Å². The van der Waals surface area contributed by atoms with E-state index in [-0.39, 0.29) is 0 Å². The molecule has 0 aromatic carbocycles. The molecule has 2 saturated carbocycles. The normalized spacial score (nSPS) is 45.6. The maximum Gasteiger partial charge on any atom is 0.153 e. The molecule has 5 heteroatoms. The van der Waals surface area contributed by atoms with E-state index in [0.29, 0.717) is 25.3 Å². The topological polar surface area (TPSA) is 80.4 Å². The second kappa shape index (κ2) is 4.46. The Bertz CT molecular complexity index is 422. The largest absolute Gasteiger partial charge is 0.388 e. The third-order valence-electron chi connectivity index (χ3n) is 5.24. The van der Waals surface area contributed by atoms with E-state index >= 15 is 0 Å². The van der Waals surface area contributed by atoms with Gasteiger partial charge < -0.3 is 10.8 Å². The standard InChI is InChI=1S/C13H25NO3S/c1-10-5-7-12(8-10,9-14)13(15)6-3-4-11(13)18(2,16)17/h10-11,15H,3-9,14H2,1-2H3. The predicted octanol–water partition coefficient (Wildman–Crippen LogP) is 1.08. The van der Waals surface area contributed by atoms with Gasteiger partial charge in [0.1, 0.15) is 0 Å². The molecule has 0 bridgehead atoms. The Hall–Kier alpha value is -0.130. The van der Waals surface area contributed by atoms with Crippen LogP contribution in [0.1, 0.15) is 45.4 Å². The maximum atomic E-state index is 11.9. The number of rotatable bonds is 3. The minimum absolute atomic E-state index is 0.389. The molecule has 106 valence electrons. The van der Waals surface area contributed by atoms with Crippen molar-refractivity contribution in [2.75, 3.05) is 12.8 Å². The minimum Gasteiger partial charge on any atom is -0.388 e. The van der Waals surface area contributed by atoms with Gasteiger partial charge in [-0.2, -0.15) is 0 Å². The van der Waals surface area contributed by atoms with Gasteiger partial charge in [0.2, 0.25) is 0 Å². The fraction of sp³-hybridized carbons (Fsp3) is 1.00. The molecule has 0 spiro atoms. The number of hydrogen-bond donors (Lipinski definition) is 2. The third kappa shape index (κ3) is 2.00. The Morgan fingerprint density at radius 3 is 2.44 bits per heavy atom. The number of nitrogens with two attached hydrogens (primary N) is 1. The molecule has 0 saturated heterocycles. The van der Waals surface area contributed by atoms with E-state index in [9.17, 15) is 13.5 Å². The average Bonchev–Trinajstić information content (AvgIpc) is 2.83.